The average Bonchev–Trinajstić information content (AvgIpc) is 3.00. The predicted molar refractivity (Wildman–Crippen MR) is 90.3 cm³/mol. The number of hydrogen-bond acceptors (Lipinski definition) is 6. The van der Waals surface area contributed by atoms with Crippen molar-refractivity contribution in [2.24, 2.45) is 0 Å². The number of aromatic nitrogens is 2. The monoisotopic (exact) mass is 364 g/mol. The summed E-state index contributed by atoms with van der Waals surface area (Å²) in [6.45, 7) is 4.65. The first-order valence-corrected chi connectivity index (χ1v) is 9.59. The minimum absolute atomic E-state index is 0.0362. The molecule has 0 saturated carbocycles. The molecule has 1 fully saturated rings. The van der Waals surface area contributed by atoms with Crippen LogP contribution in [-0.4, -0.2) is 59.9 Å². The van der Waals surface area contributed by atoms with Crippen LogP contribution < -0.4 is 0 Å². The second kappa shape index (κ2) is 6.93. The lowest BCUT2D eigenvalue weighted by molar-refractivity contribution is 0.0656. The van der Waals surface area contributed by atoms with Crippen LogP contribution in [0.5, 0.6) is 0 Å². The lowest BCUT2D eigenvalue weighted by Gasteiger charge is -2.33. The van der Waals surface area contributed by atoms with Crippen LogP contribution in [0.15, 0.2) is 28.7 Å². The van der Waals surface area contributed by atoms with Gasteiger partial charge in [0.05, 0.1) is 5.75 Å². The van der Waals surface area contributed by atoms with Crippen molar-refractivity contribution in [3.8, 4) is 0 Å². The molecule has 25 heavy (non-hydrogen) atoms. The molecular weight excluding hydrogens is 344 g/mol. The lowest BCUT2D eigenvalue weighted by Crippen LogP contribution is -2.50. The molecule has 1 aliphatic heterocycles. The lowest BCUT2D eigenvalue weighted by atomic mass is 10.2. The van der Waals surface area contributed by atoms with Crippen molar-refractivity contribution in [2.45, 2.75) is 19.6 Å². The number of carbonyl (C=O) groups is 1. The zero-order valence-electron chi connectivity index (χ0n) is 14.2. The molecule has 2 aromatic rings. The van der Waals surface area contributed by atoms with E-state index in [9.17, 15) is 13.2 Å². The fourth-order valence-electron chi connectivity index (χ4n) is 2.79. The number of hydrogen-bond donors (Lipinski definition) is 0. The van der Waals surface area contributed by atoms with Gasteiger partial charge in [-0.1, -0.05) is 29.8 Å². The summed E-state index contributed by atoms with van der Waals surface area (Å²) in [4.78, 5) is 13.8. The largest absolute Gasteiger partial charge is 0.417 e. The van der Waals surface area contributed by atoms with Crippen molar-refractivity contribution in [1.82, 2.24) is 19.4 Å². The molecule has 1 aliphatic rings. The molecule has 1 aromatic carbocycles. The summed E-state index contributed by atoms with van der Waals surface area (Å²) >= 11 is 0. The molecule has 9 heteroatoms. The van der Waals surface area contributed by atoms with Gasteiger partial charge in [0, 0.05) is 33.1 Å². The van der Waals surface area contributed by atoms with Crippen LogP contribution in [0, 0.1) is 13.8 Å². The molecule has 0 atom stereocenters. The number of aryl methyl sites for hydroxylation is 2. The van der Waals surface area contributed by atoms with Gasteiger partial charge in [-0.05, 0) is 12.5 Å². The average molecular weight is 364 g/mol. The number of carbonyl (C=O) groups excluding carboxylic acids is 1. The van der Waals surface area contributed by atoms with Gasteiger partial charge in [-0.15, -0.1) is 10.2 Å². The summed E-state index contributed by atoms with van der Waals surface area (Å²) in [5, 5.41) is 7.35. The van der Waals surface area contributed by atoms with E-state index >= 15 is 0 Å². The molecule has 0 aliphatic carbocycles. The standard InChI is InChI=1S/C16H20N4O4S/c1-12-4-3-5-14(10-12)11-25(22,23)20-8-6-19(7-9-20)16(21)15-18-17-13(2)24-15/h3-5,10H,6-9,11H2,1-2H3. The number of nitrogens with zero attached hydrogens (tertiary/aromatic N) is 4. The Balaban J connectivity index is 1.62. The van der Waals surface area contributed by atoms with E-state index in [0.717, 1.165) is 11.1 Å². The van der Waals surface area contributed by atoms with Crippen molar-refractivity contribution >= 4 is 15.9 Å². The fraction of sp³-hybridized carbons (Fsp3) is 0.438. The Bertz CT molecular complexity index is 870. The van der Waals surface area contributed by atoms with Crippen LogP contribution in [-0.2, 0) is 15.8 Å². The van der Waals surface area contributed by atoms with Crippen LogP contribution in [0.1, 0.15) is 27.7 Å². The SMILES string of the molecule is Cc1cccc(CS(=O)(=O)N2CCN(C(=O)c3nnc(C)o3)CC2)c1. The second-order valence-corrected chi connectivity index (χ2v) is 8.03. The van der Waals surface area contributed by atoms with Gasteiger partial charge in [0.15, 0.2) is 0 Å². The van der Waals surface area contributed by atoms with Crippen molar-refractivity contribution in [3.63, 3.8) is 0 Å². The van der Waals surface area contributed by atoms with Gasteiger partial charge in [-0.25, -0.2) is 8.42 Å². The van der Waals surface area contributed by atoms with E-state index in [1.807, 2.05) is 31.2 Å². The van der Waals surface area contributed by atoms with Crippen molar-refractivity contribution in [2.75, 3.05) is 26.2 Å². The zero-order chi connectivity index (χ0) is 18.0. The van der Waals surface area contributed by atoms with Crippen LogP contribution in [0.4, 0.5) is 0 Å². The van der Waals surface area contributed by atoms with Crippen LogP contribution >= 0.6 is 0 Å². The molecule has 1 saturated heterocycles. The first kappa shape index (κ1) is 17.6. The Morgan fingerprint density at radius 2 is 1.88 bits per heavy atom. The van der Waals surface area contributed by atoms with E-state index in [2.05, 4.69) is 10.2 Å². The van der Waals surface area contributed by atoms with Crippen LogP contribution in [0.2, 0.25) is 0 Å². The molecule has 1 amide bonds. The maximum Gasteiger partial charge on any atom is 0.311 e. The Morgan fingerprint density at radius 3 is 2.48 bits per heavy atom. The Hall–Kier alpha value is -2.26. The highest BCUT2D eigenvalue weighted by molar-refractivity contribution is 7.88. The number of sulfonamides is 1. The maximum atomic E-state index is 12.6. The van der Waals surface area contributed by atoms with Gasteiger partial charge in [0.2, 0.25) is 15.9 Å². The molecule has 8 nitrogen and oxygen atoms in total. The molecule has 0 spiro atoms. The summed E-state index contributed by atoms with van der Waals surface area (Å²) in [6, 6.07) is 7.46. The molecule has 1 aromatic heterocycles. The summed E-state index contributed by atoms with van der Waals surface area (Å²) in [6.07, 6.45) is 0. The smallest absolute Gasteiger partial charge is 0.311 e. The van der Waals surface area contributed by atoms with Crippen LogP contribution in [0.3, 0.4) is 0 Å². The number of amides is 1. The van der Waals surface area contributed by atoms with E-state index < -0.39 is 10.0 Å². The normalized spacial score (nSPS) is 16.2. The van der Waals surface area contributed by atoms with Gasteiger partial charge >= 0.3 is 11.8 Å². The third kappa shape index (κ3) is 4.05. The summed E-state index contributed by atoms with van der Waals surface area (Å²) < 4.78 is 31.8. The van der Waals surface area contributed by atoms with E-state index in [4.69, 9.17) is 4.42 Å². The summed E-state index contributed by atoms with van der Waals surface area (Å²) in [5.74, 6) is -0.140. The minimum atomic E-state index is -3.42. The Labute approximate surface area is 146 Å². The molecule has 2 heterocycles. The summed E-state index contributed by atoms with van der Waals surface area (Å²) in [5.41, 5.74) is 1.79. The number of piperazine rings is 1. The van der Waals surface area contributed by atoms with E-state index in [0.29, 0.717) is 19.0 Å². The molecule has 0 radical (unpaired) electrons. The third-order valence-corrected chi connectivity index (χ3v) is 5.91. The van der Waals surface area contributed by atoms with E-state index in [-0.39, 0.29) is 30.6 Å². The topological polar surface area (TPSA) is 96.6 Å². The highest BCUT2D eigenvalue weighted by atomic mass is 32.2. The molecule has 0 N–H and O–H groups in total. The first-order chi connectivity index (χ1) is 11.8. The maximum absolute atomic E-state index is 12.6. The predicted octanol–water partition coefficient (Wildman–Crippen LogP) is 0.974. The quantitative estimate of drug-likeness (QED) is 0.802. The Morgan fingerprint density at radius 1 is 1.16 bits per heavy atom. The second-order valence-electron chi connectivity index (χ2n) is 6.06. The molecular formula is C16H20N4O4S. The Kier molecular flexibility index (Phi) is 4.87. The number of rotatable bonds is 4. The van der Waals surface area contributed by atoms with Crippen LogP contribution in [0.25, 0.3) is 0 Å². The number of benzene rings is 1. The highest BCUT2D eigenvalue weighted by Crippen LogP contribution is 2.16. The van der Waals surface area contributed by atoms with E-state index in [1.54, 1.807) is 6.92 Å². The third-order valence-electron chi connectivity index (χ3n) is 4.06. The zero-order valence-corrected chi connectivity index (χ0v) is 15.0. The molecule has 0 unspecified atom stereocenters. The van der Waals surface area contributed by atoms with Crippen molar-refractivity contribution < 1.29 is 17.6 Å². The highest BCUT2D eigenvalue weighted by Gasteiger charge is 2.31. The minimum Gasteiger partial charge on any atom is -0.417 e. The molecule has 3 rings (SSSR count). The van der Waals surface area contributed by atoms with Crippen molar-refractivity contribution in [1.29, 1.82) is 0 Å². The van der Waals surface area contributed by atoms with E-state index in [1.165, 1.54) is 9.21 Å². The van der Waals surface area contributed by atoms with Gasteiger partial charge < -0.3 is 9.32 Å². The van der Waals surface area contributed by atoms with Gasteiger partial charge in [-0.2, -0.15) is 4.31 Å². The van der Waals surface area contributed by atoms with Crippen molar-refractivity contribution in [3.05, 3.63) is 47.2 Å². The molecule has 0 bridgehead atoms. The van der Waals surface area contributed by atoms with Gasteiger partial charge in [-0.3, -0.25) is 4.79 Å². The van der Waals surface area contributed by atoms with Gasteiger partial charge in [0.25, 0.3) is 0 Å². The molecule has 134 valence electrons. The summed E-state index contributed by atoms with van der Waals surface area (Å²) in [7, 11) is -3.42. The first-order valence-electron chi connectivity index (χ1n) is 7.98. The fourth-order valence-corrected chi connectivity index (χ4v) is 4.29. The van der Waals surface area contributed by atoms with Gasteiger partial charge in [0.1, 0.15) is 0 Å².